The molecule has 1 rings (SSSR count). The Morgan fingerprint density at radius 2 is 2.11 bits per heavy atom. The van der Waals surface area contributed by atoms with Crippen LogP contribution in [0.25, 0.3) is 0 Å². The topological polar surface area (TPSA) is 54.0 Å². The van der Waals surface area contributed by atoms with E-state index in [1.807, 2.05) is 6.07 Å². The molecular formula is C15H25N3O. The summed E-state index contributed by atoms with van der Waals surface area (Å²) in [5.41, 5.74) is 0.620. The van der Waals surface area contributed by atoms with E-state index in [1.165, 1.54) is 0 Å². The maximum Gasteiger partial charge on any atom is 0.255 e. The van der Waals surface area contributed by atoms with Gasteiger partial charge in [0.1, 0.15) is 5.82 Å². The molecule has 0 aliphatic rings. The number of nitrogens with one attached hydrogen (secondary N) is 2. The van der Waals surface area contributed by atoms with E-state index in [4.69, 9.17) is 0 Å². The minimum atomic E-state index is -0.0488. The number of aromatic nitrogens is 1. The van der Waals surface area contributed by atoms with Gasteiger partial charge in [0.05, 0.1) is 5.56 Å². The third-order valence-corrected chi connectivity index (χ3v) is 3.16. The predicted octanol–water partition coefficient (Wildman–Crippen LogP) is 3.07. The lowest BCUT2D eigenvalue weighted by Crippen LogP contribution is -2.38. The van der Waals surface area contributed by atoms with Gasteiger partial charge in [0.15, 0.2) is 0 Å². The maximum absolute atomic E-state index is 12.3. The molecule has 0 aliphatic carbocycles. The summed E-state index contributed by atoms with van der Waals surface area (Å²) >= 11 is 0. The number of rotatable bonds is 7. The zero-order chi connectivity index (χ0) is 14.3. The number of hydrogen-bond acceptors (Lipinski definition) is 3. The van der Waals surface area contributed by atoms with Crippen LogP contribution < -0.4 is 10.6 Å². The van der Waals surface area contributed by atoms with Gasteiger partial charge in [-0.2, -0.15) is 0 Å². The number of amides is 1. The van der Waals surface area contributed by atoms with Crippen molar-refractivity contribution in [2.75, 3.05) is 11.9 Å². The third-order valence-electron chi connectivity index (χ3n) is 3.16. The molecule has 1 heterocycles. The average molecular weight is 263 g/mol. The molecule has 0 saturated heterocycles. The van der Waals surface area contributed by atoms with Gasteiger partial charge in [0, 0.05) is 18.8 Å². The lowest BCUT2D eigenvalue weighted by atomic mass is 10.0. The first-order valence-corrected chi connectivity index (χ1v) is 7.09. The highest BCUT2D eigenvalue weighted by Gasteiger charge is 2.17. The molecule has 1 aromatic heterocycles. The summed E-state index contributed by atoms with van der Waals surface area (Å²) in [5, 5.41) is 6.27. The van der Waals surface area contributed by atoms with Crippen molar-refractivity contribution < 1.29 is 4.79 Å². The summed E-state index contributed by atoms with van der Waals surface area (Å²) in [7, 11) is 0. The van der Waals surface area contributed by atoms with E-state index in [2.05, 4.69) is 43.3 Å². The Bertz CT molecular complexity index is 404. The Labute approximate surface area is 116 Å². The van der Waals surface area contributed by atoms with Crippen molar-refractivity contribution in [1.82, 2.24) is 10.3 Å². The summed E-state index contributed by atoms with van der Waals surface area (Å²) in [5.74, 6) is 1.05. The summed E-state index contributed by atoms with van der Waals surface area (Å²) in [6.07, 6.45) is 3.64. The molecule has 1 atom stereocenters. The number of anilines is 1. The summed E-state index contributed by atoms with van der Waals surface area (Å²) in [6, 6.07) is 3.81. The maximum atomic E-state index is 12.3. The average Bonchev–Trinajstić information content (AvgIpc) is 2.42. The largest absolute Gasteiger partial charge is 0.369 e. The molecule has 1 unspecified atom stereocenters. The highest BCUT2D eigenvalue weighted by molar-refractivity contribution is 5.98. The fourth-order valence-electron chi connectivity index (χ4n) is 1.96. The fraction of sp³-hybridized carbons (Fsp3) is 0.600. The van der Waals surface area contributed by atoms with Crippen molar-refractivity contribution >= 4 is 11.7 Å². The minimum absolute atomic E-state index is 0.0488. The summed E-state index contributed by atoms with van der Waals surface area (Å²) < 4.78 is 0. The fourth-order valence-corrected chi connectivity index (χ4v) is 1.96. The van der Waals surface area contributed by atoms with E-state index in [0.717, 1.165) is 19.4 Å². The Kier molecular flexibility index (Phi) is 6.33. The molecule has 1 aromatic rings. The van der Waals surface area contributed by atoms with Crippen molar-refractivity contribution in [3.05, 3.63) is 23.9 Å². The number of pyridine rings is 1. The zero-order valence-corrected chi connectivity index (χ0v) is 12.4. The van der Waals surface area contributed by atoms with Crippen molar-refractivity contribution in [3.63, 3.8) is 0 Å². The van der Waals surface area contributed by atoms with Gasteiger partial charge in [-0.1, -0.05) is 27.7 Å². The van der Waals surface area contributed by atoms with Gasteiger partial charge in [-0.3, -0.25) is 4.79 Å². The van der Waals surface area contributed by atoms with Crippen LogP contribution in [-0.2, 0) is 0 Å². The molecule has 0 aliphatic heterocycles. The third kappa shape index (κ3) is 4.54. The number of nitrogens with zero attached hydrogens (tertiary/aromatic N) is 1. The molecule has 0 bridgehead atoms. The van der Waals surface area contributed by atoms with Crippen LogP contribution in [0.2, 0.25) is 0 Å². The molecule has 0 aromatic carbocycles. The van der Waals surface area contributed by atoms with E-state index in [-0.39, 0.29) is 11.9 Å². The molecule has 2 N–H and O–H groups in total. The molecule has 4 heteroatoms. The molecule has 19 heavy (non-hydrogen) atoms. The normalized spacial score (nSPS) is 12.3. The lowest BCUT2D eigenvalue weighted by Gasteiger charge is -2.21. The van der Waals surface area contributed by atoms with Crippen LogP contribution in [0, 0.1) is 5.92 Å². The first-order valence-electron chi connectivity index (χ1n) is 7.09. The van der Waals surface area contributed by atoms with E-state index in [1.54, 1.807) is 12.3 Å². The first-order chi connectivity index (χ1) is 9.10. The first kappa shape index (κ1) is 15.5. The standard InChI is InChI=1S/C15H25N3O/c1-5-9-16-14-12(8-7-10-17-14)15(19)18-13(6-2)11(3)4/h7-8,10-11,13H,5-6,9H2,1-4H3,(H,16,17)(H,18,19). The van der Waals surface area contributed by atoms with Crippen LogP contribution in [0.15, 0.2) is 18.3 Å². The van der Waals surface area contributed by atoms with Crippen LogP contribution >= 0.6 is 0 Å². The van der Waals surface area contributed by atoms with Crippen molar-refractivity contribution in [3.8, 4) is 0 Å². The van der Waals surface area contributed by atoms with E-state index < -0.39 is 0 Å². The smallest absolute Gasteiger partial charge is 0.255 e. The van der Waals surface area contributed by atoms with Gasteiger partial charge in [0.25, 0.3) is 5.91 Å². The Morgan fingerprint density at radius 3 is 2.68 bits per heavy atom. The Morgan fingerprint density at radius 1 is 1.37 bits per heavy atom. The van der Waals surface area contributed by atoms with E-state index >= 15 is 0 Å². The van der Waals surface area contributed by atoms with Gasteiger partial charge in [-0.25, -0.2) is 4.98 Å². The predicted molar refractivity (Wildman–Crippen MR) is 79.4 cm³/mol. The van der Waals surface area contributed by atoms with E-state index in [0.29, 0.717) is 17.3 Å². The lowest BCUT2D eigenvalue weighted by molar-refractivity contribution is 0.0925. The van der Waals surface area contributed by atoms with Crippen molar-refractivity contribution in [2.24, 2.45) is 5.92 Å². The molecule has 0 saturated carbocycles. The molecule has 1 amide bonds. The molecule has 0 radical (unpaired) electrons. The summed E-state index contributed by atoms with van der Waals surface area (Å²) in [6.45, 7) is 9.23. The molecule has 0 spiro atoms. The quantitative estimate of drug-likeness (QED) is 0.795. The van der Waals surface area contributed by atoms with Crippen LogP contribution in [0.5, 0.6) is 0 Å². The molecule has 0 fully saturated rings. The summed E-state index contributed by atoms with van der Waals surface area (Å²) in [4.78, 5) is 16.6. The Balaban J connectivity index is 2.81. The number of hydrogen-bond donors (Lipinski definition) is 2. The highest BCUT2D eigenvalue weighted by atomic mass is 16.1. The van der Waals surface area contributed by atoms with Gasteiger partial charge in [-0.15, -0.1) is 0 Å². The monoisotopic (exact) mass is 263 g/mol. The van der Waals surface area contributed by atoms with Crippen LogP contribution in [0.4, 0.5) is 5.82 Å². The van der Waals surface area contributed by atoms with Gasteiger partial charge >= 0.3 is 0 Å². The minimum Gasteiger partial charge on any atom is -0.369 e. The molecule has 106 valence electrons. The van der Waals surface area contributed by atoms with Crippen molar-refractivity contribution in [1.29, 1.82) is 0 Å². The second-order valence-electron chi connectivity index (χ2n) is 5.06. The van der Waals surface area contributed by atoms with E-state index in [9.17, 15) is 4.79 Å². The second-order valence-corrected chi connectivity index (χ2v) is 5.06. The Hall–Kier alpha value is -1.58. The van der Waals surface area contributed by atoms with Gasteiger partial charge in [0.2, 0.25) is 0 Å². The number of carbonyl (C=O) groups excluding carboxylic acids is 1. The van der Waals surface area contributed by atoms with Gasteiger partial charge < -0.3 is 10.6 Å². The number of carbonyl (C=O) groups is 1. The zero-order valence-electron chi connectivity index (χ0n) is 12.4. The SMILES string of the molecule is CCCNc1ncccc1C(=O)NC(CC)C(C)C. The van der Waals surface area contributed by atoms with Crippen molar-refractivity contribution in [2.45, 2.75) is 46.6 Å². The van der Waals surface area contributed by atoms with Gasteiger partial charge in [-0.05, 0) is 30.9 Å². The highest BCUT2D eigenvalue weighted by Crippen LogP contribution is 2.13. The van der Waals surface area contributed by atoms with Crippen LogP contribution in [0.3, 0.4) is 0 Å². The van der Waals surface area contributed by atoms with Crippen LogP contribution in [-0.4, -0.2) is 23.5 Å². The van der Waals surface area contributed by atoms with Crippen LogP contribution in [0.1, 0.15) is 50.9 Å². The second kappa shape index (κ2) is 7.77. The molecule has 4 nitrogen and oxygen atoms in total. The molecular weight excluding hydrogens is 238 g/mol.